The Labute approximate surface area is 176 Å². The highest BCUT2D eigenvalue weighted by Crippen LogP contribution is 2.37. The molecule has 1 aromatic carbocycles. The normalized spacial score (nSPS) is 26.3. The summed E-state index contributed by atoms with van der Waals surface area (Å²) in [4.78, 5) is 17.2. The van der Waals surface area contributed by atoms with E-state index in [-0.39, 0.29) is 17.9 Å². The smallest absolute Gasteiger partial charge is 0.222 e. The first-order valence-electron chi connectivity index (χ1n) is 11.3. The standard InChI is InChI=1S/C24H38N2O3/c1-20(2)17-23(28)26-12-6-5-9-24(19-27)10-13-25(14-11-24)18-21-7-3-4-8-22(21)29-16-15-26/h3-4,7-8,20,27H,5-6,9-19H2,1-2H3. The number of piperidine rings is 1. The number of carbonyl (C=O) groups is 1. The van der Waals surface area contributed by atoms with Gasteiger partial charge in [-0.1, -0.05) is 38.5 Å². The van der Waals surface area contributed by atoms with Crippen LogP contribution in [0.5, 0.6) is 5.75 Å². The summed E-state index contributed by atoms with van der Waals surface area (Å²) in [5.74, 6) is 1.52. The number of fused-ring (bicyclic) bond motifs is 9. The Morgan fingerprint density at radius 2 is 1.86 bits per heavy atom. The zero-order chi connectivity index (χ0) is 20.7. The van der Waals surface area contributed by atoms with Crippen LogP contribution in [0.25, 0.3) is 0 Å². The van der Waals surface area contributed by atoms with Crippen LogP contribution in [-0.4, -0.2) is 60.2 Å². The van der Waals surface area contributed by atoms with Gasteiger partial charge < -0.3 is 14.7 Å². The monoisotopic (exact) mass is 402 g/mol. The molecule has 1 fully saturated rings. The average Bonchev–Trinajstić information content (AvgIpc) is 2.72. The van der Waals surface area contributed by atoms with Gasteiger partial charge in [-0.15, -0.1) is 0 Å². The number of aliphatic hydroxyl groups excluding tert-OH is 1. The molecule has 2 bridgehead atoms. The van der Waals surface area contributed by atoms with E-state index >= 15 is 0 Å². The lowest BCUT2D eigenvalue weighted by molar-refractivity contribution is -0.132. The van der Waals surface area contributed by atoms with Crippen LogP contribution in [0.4, 0.5) is 0 Å². The summed E-state index contributed by atoms with van der Waals surface area (Å²) in [5.41, 5.74) is 1.26. The van der Waals surface area contributed by atoms with Crippen LogP contribution in [0, 0.1) is 11.3 Å². The van der Waals surface area contributed by atoms with Crippen molar-refractivity contribution in [2.45, 2.75) is 58.9 Å². The quantitative estimate of drug-likeness (QED) is 0.838. The van der Waals surface area contributed by atoms with Crippen LogP contribution < -0.4 is 4.74 Å². The number of amides is 1. The van der Waals surface area contributed by atoms with Crippen molar-refractivity contribution >= 4 is 5.91 Å². The minimum Gasteiger partial charge on any atom is -0.491 e. The summed E-state index contributed by atoms with van der Waals surface area (Å²) >= 11 is 0. The molecule has 4 rings (SSSR count). The second kappa shape index (κ2) is 10.4. The maximum Gasteiger partial charge on any atom is 0.222 e. The van der Waals surface area contributed by atoms with E-state index in [1.54, 1.807) is 0 Å². The third-order valence-corrected chi connectivity index (χ3v) is 6.56. The molecule has 0 unspecified atom stereocenters. The molecule has 0 aromatic heterocycles. The van der Waals surface area contributed by atoms with Gasteiger partial charge in [-0.2, -0.15) is 0 Å². The molecular weight excluding hydrogens is 364 g/mol. The number of hydrogen-bond acceptors (Lipinski definition) is 4. The van der Waals surface area contributed by atoms with Crippen molar-refractivity contribution in [3.63, 3.8) is 0 Å². The fraction of sp³-hybridized carbons (Fsp3) is 0.708. The van der Waals surface area contributed by atoms with Crippen molar-refractivity contribution < 1.29 is 14.6 Å². The molecule has 1 saturated heterocycles. The van der Waals surface area contributed by atoms with Gasteiger partial charge in [0, 0.05) is 31.7 Å². The first-order valence-corrected chi connectivity index (χ1v) is 11.3. The molecule has 3 heterocycles. The minimum atomic E-state index is 0.0550. The second-order valence-electron chi connectivity index (χ2n) is 9.33. The number of aliphatic hydroxyl groups is 1. The fourth-order valence-electron chi connectivity index (χ4n) is 4.60. The highest BCUT2D eigenvalue weighted by molar-refractivity contribution is 5.76. The Balaban J connectivity index is 1.75. The molecule has 0 spiro atoms. The number of nitrogens with zero attached hydrogens (tertiary/aromatic N) is 2. The molecule has 5 nitrogen and oxygen atoms in total. The Kier molecular flexibility index (Phi) is 7.96. The fourth-order valence-corrected chi connectivity index (χ4v) is 4.60. The molecule has 5 heteroatoms. The molecule has 29 heavy (non-hydrogen) atoms. The lowest BCUT2D eigenvalue weighted by Crippen LogP contribution is -2.41. The predicted molar refractivity (Wildman–Crippen MR) is 116 cm³/mol. The third kappa shape index (κ3) is 6.19. The number of hydrogen-bond donors (Lipinski definition) is 1. The van der Waals surface area contributed by atoms with Gasteiger partial charge in [-0.05, 0) is 56.2 Å². The summed E-state index contributed by atoms with van der Waals surface area (Å²) < 4.78 is 6.14. The number of carbonyl (C=O) groups excluding carboxylic acids is 1. The van der Waals surface area contributed by atoms with E-state index in [0.717, 1.165) is 64.0 Å². The van der Waals surface area contributed by atoms with Crippen molar-refractivity contribution in [2.75, 3.05) is 39.4 Å². The van der Waals surface area contributed by atoms with Gasteiger partial charge in [0.1, 0.15) is 12.4 Å². The number of benzene rings is 1. The highest BCUT2D eigenvalue weighted by Gasteiger charge is 2.33. The Morgan fingerprint density at radius 3 is 2.59 bits per heavy atom. The van der Waals surface area contributed by atoms with Gasteiger partial charge in [0.2, 0.25) is 5.91 Å². The largest absolute Gasteiger partial charge is 0.491 e. The summed E-state index contributed by atoms with van der Waals surface area (Å²) in [6.07, 6.45) is 5.78. The predicted octanol–water partition coefficient (Wildman–Crippen LogP) is 3.70. The molecule has 3 aliphatic rings. The maximum absolute atomic E-state index is 12.7. The molecular formula is C24H38N2O3. The van der Waals surface area contributed by atoms with E-state index in [9.17, 15) is 9.90 Å². The van der Waals surface area contributed by atoms with E-state index < -0.39 is 0 Å². The summed E-state index contributed by atoms with van der Waals surface area (Å²) in [6, 6.07) is 8.26. The van der Waals surface area contributed by atoms with Gasteiger partial charge in [-0.25, -0.2) is 0 Å². The number of para-hydroxylation sites is 1. The Bertz CT molecular complexity index is 653. The van der Waals surface area contributed by atoms with Gasteiger partial charge in [0.05, 0.1) is 6.54 Å². The van der Waals surface area contributed by atoms with Crippen LogP contribution in [0.1, 0.15) is 57.9 Å². The van der Waals surface area contributed by atoms with Crippen molar-refractivity contribution in [3.8, 4) is 5.75 Å². The molecule has 1 aromatic rings. The van der Waals surface area contributed by atoms with Gasteiger partial charge in [0.25, 0.3) is 0 Å². The topological polar surface area (TPSA) is 53.0 Å². The summed E-state index contributed by atoms with van der Waals surface area (Å²) in [7, 11) is 0. The van der Waals surface area contributed by atoms with Gasteiger partial charge in [-0.3, -0.25) is 9.69 Å². The van der Waals surface area contributed by atoms with Crippen LogP contribution >= 0.6 is 0 Å². The molecule has 1 N–H and O–H groups in total. The third-order valence-electron chi connectivity index (χ3n) is 6.56. The van der Waals surface area contributed by atoms with E-state index in [4.69, 9.17) is 4.74 Å². The summed E-state index contributed by atoms with van der Waals surface area (Å²) in [6.45, 7) is 9.33. The van der Waals surface area contributed by atoms with Crippen molar-refractivity contribution in [1.29, 1.82) is 0 Å². The zero-order valence-electron chi connectivity index (χ0n) is 18.2. The van der Waals surface area contributed by atoms with Gasteiger partial charge >= 0.3 is 0 Å². The van der Waals surface area contributed by atoms with Crippen molar-refractivity contribution in [2.24, 2.45) is 11.3 Å². The first kappa shape index (κ1) is 22.1. The van der Waals surface area contributed by atoms with Crippen LogP contribution in [-0.2, 0) is 11.3 Å². The van der Waals surface area contributed by atoms with Crippen LogP contribution in [0.3, 0.4) is 0 Å². The average molecular weight is 403 g/mol. The molecule has 0 atom stereocenters. The Morgan fingerprint density at radius 1 is 1.10 bits per heavy atom. The molecule has 0 saturated carbocycles. The lowest BCUT2D eigenvalue weighted by atomic mass is 9.75. The molecule has 3 aliphatic heterocycles. The molecule has 162 valence electrons. The van der Waals surface area contributed by atoms with E-state index in [1.807, 2.05) is 17.0 Å². The lowest BCUT2D eigenvalue weighted by Gasteiger charge is -2.41. The van der Waals surface area contributed by atoms with Gasteiger partial charge in [0.15, 0.2) is 0 Å². The minimum absolute atomic E-state index is 0.0550. The van der Waals surface area contributed by atoms with E-state index in [1.165, 1.54) is 5.56 Å². The molecule has 0 radical (unpaired) electrons. The molecule has 0 aliphatic carbocycles. The first-order chi connectivity index (χ1) is 14.0. The van der Waals surface area contributed by atoms with E-state index in [0.29, 0.717) is 25.5 Å². The highest BCUT2D eigenvalue weighted by atomic mass is 16.5. The second-order valence-corrected chi connectivity index (χ2v) is 9.33. The van der Waals surface area contributed by atoms with E-state index in [2.05, 4.69) is 30.9 Å². The maximum atomic E-state index is 12.7. The van der Waals surface area contributed by atoms with Crippen molar-refractivity contribution in [1.82, 2.24) is 9.80 Å². The van der Waals surface area contributed by atoms with Crippen LogP contribution in [0.15, 0.2) is 24.3 Å². The summed E-state index contributed by atoms with van der Waals surface area (Å²) in [5, 5.41) is 10.1. The SMILES string of the molecule is CC(C)CC(=O)N1CCCCC2(CO)CCN(CC2)Cc2ccccc2OCC1. The zero-order valence-corrected chi connectivity index (χ0v) is 18.2. The number of ether oxygens (including phenoxy) is 1. The van der Waals surface area contributed by atoms with Crippen LogP contribution in [0.2, 0.25) is 0 Å². The number of rotatable bonds is 3. The Hall–Kier alpha value is -1.59. The van der Waals surface area contributed by atoms with Crippen molar-refractivity contribution in [3.05, 3.63) is 29.8 Å². The molecule has 1 amide bonds.